The van der Waals surface area contributed by atoms with Gasteiger partial charge in [0.15, 0.2) is 0 Å². The number of rotatable bonds is 4. The zero-order chi connectivity index (χ0) is 14.7. The van der Waals surface area contributed by atoms with Gasteiger partial charge in [0.1, 0.15) is 0 Å². The Bertz CT molecular complexity index is 566. The van der Waals surface area contributed by atoms with Gasteiger partial charge in [-0.1, -0.05) is 30.3 Å². The van der Waals surface area contributed by atoms with Gasteiger partial charge < -0.3 is 5.11 Å². The summed E-state index contributed by atoms with van der Waals surface area (Å²) in [5.74, 6) is 1.03. The molecule has 1 N–H and O–H groups in total. The van der Waals surface area contributed by atoms with E-state index in [-0.39, 0.29) is 6.10 Å². The lowest BCUT2D eigenvalue weighted by Gasteiger charge is -2.33. The summed E-state index contributed by atoms with van der Waals surface area (Å²) < 4.78 is 0. The highest BCUT2D eigenvalue weighted by atomic mass is 32.1. The Morgan fingerprint density at radius 3 is 2.76 bits per heavy atom. The number of hydrogen-bond donors (Lipinski definition) is 1. The van der Waals surface area contributed by atoms with E-state index in [9.17, 15) is 5.11 Å². The summed E-state index contributed by atoms with van der Waals surface area (Å²) in [6.07, 6.45) is 5.17. The minimum Gasteiger partial charge on any atom is -0.393 e. The van der Waals surface area contributed by atoms with Crippen molar-refractivity contribution in [2.45, 2.75) is 51.0 Å². The van der Waals surface area contributed by atoms with Crippen LogP contribution in [-0.4, -0.2) is 16.2 Å². The van der Waals surface area contributed by atoms with Crippen molar-refractivity contribution in [3.05, 3.63) is 52.0 Å². The molecule has 1 aromatic carbocycles. The SMILES string of the molecule is Cc1ncsc1CCC1CC(c2ccccc2)CCC1O. The largest absolute Gasteiger partial charge is 0.393 e. The maximum absolute atomic E-state index is 10.3. The first-order valence-electron chi connectivity index (χ1n) is 7.86. The molecular weight excluding hydrogens is 278 g/mol. The van der Waals surface area contributed by atoms with Crippen LogP contribution in [0.15, 0.2) is 35.8 Å². The second kappa shape index (κ2) is 6.71. The van der Waals surface area contributed by atoms with Crippen LogP contribution in [0, 0.1) is 12.8 Å². The third kappa shape index (κ3) is 3.53. The molecule has 0 bridgehead atoms. The Balaban J connectivity index is 1.62. The Labute approximate surface area is 130 Å². The van der Waals surface area contributed by atoms with Crippen LogP contribution in [-0.2, 0) is 6.42 Å². The number of nitrogens with zero attached hydrogens (tertiary/aromatic N) is 1. The van der Waals surface area contributed by atoms with Gasteiger partial charge in [0.05, 0.1) is 17.3 Å². The summed E-state index contributed by atoms with van der Waals surface area (Å²) in [4.78, 5) is 5.70. The first-order valence-corrected chi connectivity index (χ1v) is 8.74. The molecule has 1 heterocycles. The fourth-order valence-electron chi connectivity index (χ4n) is 3.47. The molecule has 112 valence electrons. The van der Waals surface area contributed by atoms with Crippen LogP contribution in [0.1, 0.15) is 47.7 Å². The van der Waals surface area contributed by atoms with Crippen LogP contribution in [0.4, 0.5) is 0 Å². The second-order valence-electron chi connectivity index (χ2n) is 6.15. The monoisotopic (exact) mass is 301 g/mol. The number of hydrogen-bond acceptors (Lipinski definition) is 3. The van der Waals surface area contributed by atoms with Crippen LogP contribution in [0.3, 0.4) is 0 Å². The van der Waals surface area contributed by atoms with Crippen molar-refractivity contribution in [2.24, 2.45) is 5.92 Å². The van der Waals surface area contributed by atoms with Gasteiger partial charge in [-0.05, 0) is 56.4 Å². The number of aliphatic hydroxyl groups is 1. The zero-order valence-corrected chi connectivity index (χ0v) is 13.4. The first-order chi connectivity index (χ1) is 10.2. The molecule has 1 aromatic heterocycles. The fraction of sp³-hybridized carbons (Fsp3) is 0.500. The van der Waals surface area contributed by atoms with Gasteiger partial charge >= 0.3 is 0 Å². The van der Waals surface area contributed by atoms with Crippen LogP contribution in [0.2, 0.25) is 0 Å². The van der Waals surface area contributed by atoms with E-state index in [2.05, 4.69) is 42.2 Å². The Kier molecular flexibility index (Phi) is 4.71. The molecule has 2 aromatic rings. The van der Waals surface area contributed by atoms with Crippen LogP contribution in [0.25, 0.3) is 0 Å². The molecule has 2 nitrogen and oxygen atoms in total. The lowest BCUT2D eigenvalue weighted by atomic mass is 9.74. The molecule has 1 saturated carbocycles. The Hall–Kier alpha value is -1.19. The standard InChI is InChI=1S/C18H23NOS/c1-13-18(21-12-19-13)10-8-16-11-15(7-9-17(16)20)14-5-3-2-4-6-14/h2-6,12,15-17,20H,7-11H2,1H3. The number of aryl methyl sites for hydroxylation is 2. The smallest absolute Gasteiger partial charge is 0.0797 e. The highest BCUT2D eigenvalue weighted by Gasteiger charge is 2.29. The fourth-order valence-corrected chi connectivity index (χ4v) is 4.27. The minimum atomic E-state index is -0.127. The average Bonchev–Trinajstić information content (AvgIpc) is 2.93. The van der Waals surface area contributed by atoms with E-state index >= 15 is 0 Å². The molecule has 0 saturated heterocycles. The van der Waals surface area contributed by atoms with Gasteiger partial charge in [-0.2, -0.15) is 0 Å². The third-order valence-electron chi connectivity index (χ3n) is 4.80. The van der Waals surface area contributed by atoms with Gasteiger partial charge in [-0.25, -0.2) is 4.98 Å². The lowest BCUT2D eigenvalue weighted by Crippen LogP contribution is -2.28. The quantitative estimate of drug-likeness (QED) is 0.912. The maximum atomic E-state index is 10.3. The van der Waals surface area contributed by atoms with Crippen LogP contribution < -0.4 is 0 Å². The van der Waals surface area contributed by atoms with E-state index in [1.807, 2.05) is 5.51 Å². The highest BCUT2D eigenvalue weighted by Crippen LogP contribution is 2.38. The van der Waals surface area contributed by atoms with Crippen molar-refractivity contribution < 1.29 is 5.11 Å². The summed E-state index contributed by atoms with van der Waals surface area (Å²) in [6, 6.07) is 10.8. The maximum Gasteiger partial charge on any atom is 0.0797 e. The summed E-state index contributed by atoms with van der Waals surface area (Å²) in [7, 11) is 0. The van der Waals surface area contributed by atoms with E-state index < -0.39 is 0 Å². The first kappa shape index (κ1) is 14.7. The lowest BCUT2D eigenvalue weighted by molar-refractivity contribution is 0.0576. The van der Waals surface area contributed by atoms with Gasteiger partial charge in [0.25, 0.3) is 0 Å². The Morgan fingerprint density at radius 2 is 2.05 bits per heavy atom. The van der Waals surface area contributed by atoms with Crippen molar-refractivity contribution in [3.8, 4) is 0 Å². The number of thiazole rings is 1. The highest BCUT2D eigenvalue weighted by molar-refractivity contribution is 7.09. The van der Waals surface area contributed by atoms with Crippen molar-refractivity contribution >= 4 is 11.3 Å². The molecule has 1 aliphatic carbocycles. The van der Waals surface area contributed by atoms with Crippen LogP contribution in [0.5, 0.6) is 0 Å². The normalized spacial score (nSPS) is 25.9. The summed E-state index contributed by atoms with van der Waals surface area (Å²) in [5.41, 5.74) is 4.52. The van der Waals surface area contributed by atoms with E-state index in [0.717, 1.165) is 37.8 Å². The number of aliphatic hydroxyl groups excluding tert-OH is 1. The summed E-state index contributed by atoms with van der Waals surface area (Å²) >= 11 is 1.74. The molecule has 21 heavy (non-hydrogen) atoms. The van der Waals surface area contributed by atoms with Crippen molar-refractivity contribution in [3.63, 3.8) is 0 Å². The van der Waals surface area contributed by atoms with Crippen molar-refractivity contribution in [1.82, 2.24) is 4.98 Å². The van der Waals surface area contributed by atoms with Gasteiger partial charge in [0.2, 0.25) is 0 Å². The number of benzene rings is 1. The minimum absolute atomic E-state index is 0.127. The molecule has 0 radical (unpaired) electrons. The number of aromatic nitrogens is 1. The topological polar surface area (TPSA) is 33.1 Å². The molecule has 1 fully saturated rings. The molecule has 3 heteroatoms. The molecule has 0 amide bonds. The summed E-state index contributed by atoms with van der Waals surface area (Å²) in [5, 5.41) is 10.3. The molecule has 0 aliphatic heterocycles. The molecule has 3 atom stereocenters. The average molecular weight is 301 g/mol. The predicted octanol–water partition coefficient (Wildman–Crippen LogP) is 4.33. The molecule has 1 aliphatic rings. The van der Waals surface area contributed by atoms with Gasteiger partial charge in [-0.15, -0.1) is 11.3 Å². The van der Waals surface area contributed by atoms with E-state index in [4.69, 9.17) is 0 Å². The molecule has 0 spiro atoms. The van der Waals surface area contributed by atoms with Gasteiger partial charge in [-0.3, -0.25) is 0 Å². The van der Waals surface area contributed by atoms with E-state index in [1.165, 1.54) is 10.4 Å². The zero-order valence-electron chi connectivity index (χ0n) is 12.5. The van der Waals surface area contributed by atoms with E-state index in [1.54, 1.807) is 11.3 Å². The molecule has 3 unspecified atom stereocenters. The second-order valence-corrected chi connectivity index (χ2v) is 7.09. The van der Waals surface area contributed by atoms with Crippen molar-refractivity contribution in [2.75, 3.05) is 0 Å². The van der Waals surface area contributed by atoms with Crippen LogP contribution >= 0.6 is 11.3 Å². The Morgan fingerprint density at radius 1 is 1.24 bits per heavy atom. The predicted molar refractivity (Wildman–Crippen MR) is 87.7 cm³/mol. The van der Waals surface area contributed by atoms with E-state index in [0.29, 0.717) is 11.8 Å². The van der Waals surface area contributed by atoms with Crippen molar-refractivity contribution in [1.29, 1.82) is 0 Å². The molecular formula is C18H23NOS. The third-order valence-corrected chi connectivity index (χ3v) is 5.80. The van der Waals surface area contributed by atoms with Gasteiger partial charge in [0, 0.05) is 4.88 Å². The summed E-state index contributed by atoms with van der Waals surface area (Å²) in [6.45, 7) is 2.08. The molecule has 3 rings (SSSR count).